The zero-order chi connectivity index (χ0) is 16.4. The number of nitrogens with zero attached hydrogens (tertiary/aromatic N) is 1. The van der Waals surface area contributed by atoms with Gasteiger partial charge in [0.25, 0.3) is 0 Å². The van der Waals surface area contributed by atoms with Gasteiger partial charge in [0.05, 0.1) is 15.5 Å². The van der Waals surface area contributed by atoms with Crippen LogP contribution in [0, 0.1) is 12.7 Å². The third-order valence-corrected chi connectivity index (χ3v) is 6.78. The Kier molecular flexibility index (Phi) is 4.58. The summed E-state index contributed by atoms with van der Waals surface area (Å²) in [5.74, 6) is -0.470. The largest absolute Gasteiger partial charge is 0.240 e. The minimum absolute atomic E-state index is 0.0412. The Bertz CT molecular complexity index is 901. The second-order valence-corrected chi connectivity index (χ2v) is 8.58. The van der Waals surface area contributed by atoms with Crippen molar-refractivity contribution in [1.82, 2.24) is 9.71 Å². The van der Waals surface area contributed by atoms with E-state index in [0.717, 1.165) is 32.6 Å². The second-order valence-electron chi connectivity index (χ2n) is 4.78. The maximum absolute atomic E-state index is 12.9. The summed E-state index contributed by atoms with van der Waals surface area (Å²) in [5, 5.41) is 2.86. The van der Waals surface area contributed by atoms with Gasteiger partial charge in [0.2, 0.25) is 10.0 Å². The van der Waals surface area contributed by atoms with Crippen LogP contribution in [0.5, 0.6) is 0 Å². The lowest BCUT2D eigenvalue weighted by Crippen LogP contribution is -2.23. The molecule has 8 heteroatoms. The van der Waals surface area contributed by atoms with E-state index in [9.17, 15) is 12.8 Å². The van der Waals surface area contributed by atoms with Crippen LogP contribution in [0.4, 0.5) is 4.39 Å². The zero-order valence-electron chi connectivity index (χ0n) is 12.1. The van der Waals surface area contributed by atoms with Crippen LogP contribution in [0.2, 0.25) is 0 Å². The number of thiophene rings is 1. The van der Waals surface area contributed by atoms with Crippen molar-refractivity contribution in [1.29, 1.82) is 0 Å². The fraction of sp³-hybridized carbons (Fsp3) is 0.133. The topological polar surface area (TPSA) is 59.1 Å². The standard InChI is InChI=1S/C15H13FN2O2S3/c1-10-14(22-15(18-10)13-3-2-8-21-13)9-17-23(19,20)12-6-4-11(16)5-7-12/h2-8,17H,9H2,1H3. The van der Waals surface area contributed by atoms with E-state index in [1.54, 1.807) is 11.3 Å². The maximum atomic E-state index is 12.9. The van der Waals surface area contributed by atoms with E-state index in [0.29, 0.717) is 0 Å². The molecule has 0 fully saturated rings. The van der Waals surface area contributed by atoms with Crippen molar-refractivity contribution >= 4 is 32.7 Å². The van der Waals surface area contributed by atoms with Crippen molar-refractivity contribution in [3.63, 3.8) is 0 Å². The highest BCUT2D eigenvalue weighted by Gasteiger charge is 2.16. The van der Waals surface area contributed by atoms with Crippen molar-refractivity contribution in [3.8, 4) is 9.88 Å². The third kappa shape index (κ3) is 3.66. The first-order chi connectivity index (χ1) is 11.0. The molecule has 0 atom stereocenters. The van der Waals surface area contributed by atoms with Crippen molar-refractivity contribution < 1.29 is 12.8 Å². The minimum Gasteiger partial charge on any atom is -0.240 e. The normalized spacial score (nSPS) is 11.7. The highest BCUT2D eigenvalue weighted by atomic mass is 32.2. The van der Waals surface area contributed by atoms with Crippen LogP contribution in [-0.2, 0) is 16.6 Å². The monoisotopic (exact) mass is 368 g/mol. The van der Waals surface area contributed by atoms with Crippen molar-refractivity contribution in [2.75, 3.05) is 0 Å². The molecule has 0 spiro atoms. The number of hydrogen-bond donors (Lipinski definition) is 1. The zero-order valence-corrected chi connectivity index (χ0v) is 14.6. The number of thiazole rings is 1. The molecule has 120 valence electrons. The van der Waals surface area contributed by atoms with Gasteiger partial charge in [0.1, 0.15) is 10.8 Å². The minimum atomic E-state index is -3.67. The van der Waals surface area contributed by atoms with Gasteiger partial charge in [-0.1, -0.05) is 6.07 Å². The summed E-state index contributed by atoms with van der Waals surface area (Å²) in [5.41, 5.74) is 0.806. The molecule has 2 aromatic heterocycles. The first-order valence-electron chi connectivity index (χ1n) is 6.71. The number of halogens is 1. The summed E-state index contributed by atoms with van der Waals surface area (Å²) in [6.45, 7) is 2.02. The van der Waals surface area contributed by atoms with Crippen LogP contribution in [0.3, 0.4) is 0 Å². The van der Waals surface area contributed by atoms with Gasteiger partial charge >= 0.3 is 0 Å². The fourth-order valence-corrected chi connectivity index (χ4v) is 4.84. The highest BCUT2D eigenvalue weighted by Crippen LogP contribution is 2.31. The Hall–Kier alpha value is -1.61. The highest BCUT2D eigenvalue weighted by molar-refractivity contribution is 7.89. The molecule has 0 amide bonds. The second kappa shape index (κ2) is 6.48. The fourth-order valence-electron chi connectivity index (χ4n) is 1.96. The molecular formula is C15H13FN2O2S3. The Labute approximate surface area is 141 Å². The van der Waals surface area contributed by atoms with E-state index in [1.807, 2.05) is 24.4 Å². The Morgan fingerprint density at radius 1 is 1.22 bits per heavy atom. The first kappa shape index (κ1) is 16.3. The van der Waals surface area contributed by atoms with Crippen LogP contribution in [0.15, 0.2) is 46.7 Å². The summed E-state index contributed by atoms with van der Waals surface area (Å²) in [6, 6.07) is 8.68. The number of benzene rings is 1. The molecule has 0 saturated carbocycles. The van der Waals surface area contributed by atoms with Gasteiger partial charge in [0.15, 0.2) is 0 Å². The molecule has 0 radical (unpaired) electrons. The summed E-state index contributed by atoms with van der Waals surface area (Å²) in [7, 11) is -3.67. The number of rotatable bonds is 5. The van der Waals surface area contributed by atoms with E-state index < -0.39 is 15.8 Å². The molecule has 3 rings (SSSR count). The molecular weight excluding hydrogens is 355 g/mol. The number of nitrogens with one attached hydrogen (secondary N) is 1. The SMILES string of the molecule is Cc1nc(-c2cccs2)sc1CNS(=O)(=O)c1ccc(F)cc1. The average Bonchev–Trinajstić information content (AvgIpc) is 3.15. The van der Waals surface area contributed by atoms with Crippen LogP contribution >= 0.6 is 22.7 Å². The lowest BCUT2D eigenvalue weighted by atomic mass is 10.4. The molecule has 0 saturated heterocycles. The Morgan fingerprint density at radius 3 is 2.61 bits per heavy atom. The molecule has 1 N–H and O–H groups in total. The van der Waals surface area contributed by atoms with Crippen LogP contribution in [0.25, 0.3) is 9.88 Å². The van der Waals surface area contributed by atoms with Crippen LogP contribution in [-0.4, -0.2) is 13.4 Å². The van der Waals surface area contributed by atoms with Gasteiger partial charge < -0.3 is 0 Å². The number of sulfonamides is 1. The molecule has 0 bridgehead atoms. The molecule has 23 heavy (non-hydrogen) atoms. The van der Waals surface area contributed by atoms with E-state index in [4.69, 9.17) is 0 Å². The third-order valence-electron chi connectivity index (χ3n) is 3.17. The molecule has 0 aliphatic heterocycles. The van der Waals surface area contributed by atoms with Gasteiger partial charge in [-0.2, -0.15) is 0 Å². The maximum Gasteiger partial charge on any atom is 0.240 e. The lowest BCUT2D eigenvalue weighted by molar-refractivity contribution is 0.580. The number of aryl methyl sites for hydroxylation is 1. The van der Waals surface area contributed by atoms with E-state index in [-0.39, 0.29) is 11.4 Å². The van der Waals surface area contributed by atoms with Gasteiger partial charge in [-0.25, -0.2) is 22.5 Å². The van der Waals surface area contributed by atoms with Gasteiger partial charge in [-0.05, 0) is 42.6 Å². The van der Waals surface area contributed by atoms with Crippen molar-refractivity contribution in [2.45, 2.75) is 18.4 Å². The van der Waals surface area contributed by atoms with Crippen molar-refractivity contribution in [2.24, 2.45) is 0 Å². The molecule has 0 unspecified atom stereocenters. The molecule has 3 aromatic rings. The number of aromatic nitrogens is 1. The smallest absolute Gasteiger partial charge is 0.240 e. The lowest BCUT2D eigenvalue weighted by Gasteiger charge is -2.05. The molecule has 1 aromatic carbocycles. The van der Waals surface area contributed by atoms with Crippen LogP contribution < -0.4 is 4.72 Å². The van der Waals surface area contributed by atoms with Crippen LogP contribution in [0.1, 0.15) is 10.6 Å². The van der Waals surface area contributed by atoms with E-state index >= 15 is 0 Å². The van der Waals surface area contributed by atoms with E-state index in [2.05, 4.69) is 9.71 Å². The summed E-state index contributed by atoms with van der Waals surface area (Å²) in [4.78, 5) is 6.45. The first-order valence-corrected chi connectivity index (χ1v) is 9.89. The quantitative estimate of drug-likeness (QED) is 0.745. The molecule has 4 nitrogen and oxygen atoms in total. The molecule has 0 aliphatic carbocycles. The number of hydrogen-bond acceptors (Lipinski definition) is 5. The Balaban J connectivity index is 1.76. The van der Waals surface area contributed by atoms with E-state index in [1.165, 1.54) is 23.5 Å². The van der Waals surface area contributed by atoms with Gasteiger partial charge in [0, 0.05) is 11.4 Å². The van der Waals surface area contributed by atoms with Gasteiger partial charge in [-0.15, -0.1) is 22.7 Å². The summed E-state index contributed by atoms with van der Waals surface area (Å²) >= 11 is 3.06. The molecule has 2 heterocycles. The Morgan fingerprint density at radius 2 is 1.96 bits per heavy atom. The average molecular weight is 368 g/mol. The summed E-state index contributed by atoms with van der Waals surface area (Å²) < 4.78 is 39.9. The predicted octanol–water partition coefficient (Wildman–Crippen LogP) is 3.80. The predicted molar refractivity (Wildman–Crippen MR) is 90.6 cm³/mol. The summed E-state index contributed by atoms with van der Waals surface area (Å²) in [6.07, 6.45) is 0. The van der Waals surface area contributed by atoms with Gasteiger partial charge in [-0.3, -0.25) is 0 Å². The molecule has 0 aliphatic rings. The van der Waals surface area contributed by atoms with Crippen molar-refractivity contribution in [3.05, 3.63) is 58.2 Å².